The van der Waals surface area contributed by atoms with Crippen molar-refractivity contribution in [3.05, 3.63) is 52.9 Å². The summed E-state index contributed by atoms with van der Waals surface area (Å²) in [6, 6.07) is 11.0. The van der Waals surface area contributed by atoms with Crippen LogP contribution in [0, 0.1) is 18.3 Å². The lowest BCUT2D eigenvalue weighted by Gasteiger charge is -2.23. The van der Waals surface area contributed by atoms with E-state index >= 15 is 0 Å². The number of hydrogen-bond donors (Lipinski definition) is 1. The van der Waals surface area contributed by atoms with Crippen LogP contribution in [0.25, 0.3) is 0 Å². The first-order chi connectivity index (χ1) is 11.2. The van der Waals surface area contributed by atoms with E-state index in [2.05, 4.69) is 16.5 Å². The minimum Gasteiger partial charge on any atom is -0.359 e. The van der Waals surface area contributed by atoms with Gasteiger partial charge < -0.3 is 14.7 Å². The molecule has 1 aromatic carbocycles. The molecule has 1 aliphatic rings. The van der Waals surface area contributed by atoms with Gasteiger partial charge in [0.1, 0.15) is 0 Å². The van der Waals surface area contributed by atoms with Crippen LogP contribution in [0.5, 0.6) is 0 Å². The molecule has 1 aromatic heterocycles. The van der Waals surface area contributed by atoms with Crippen molar-refractivity contribution in [2.45, 2.75) is 32.4 Å². The maximum atomic E-state index is 12.4. The Morgan fingerprint density at radius 1 is 1.48 bits per heavy atom. The molecule has 0 unspecified atom stereocenters. The number of urea groups is 1. The van der Waals surface area contributed by atoms with Crippen LogP contribution in [0.1, 0.15) is 41.5 Å². The fourth-order valence-electron chi connectivity index (χ4n) is 2.82. The number of carbonyl (C=O) groups excluding carboxylic acids is 1. The third-order valence-corrected chi connectivity index (χ3v) is 4.02. The predicted octanol–water partition coefficient (Wildman–Crippen LogP) is 2.90. The smallest absolute Gasteiger partial charge is 0.318 e. The number of nitrogens with zero attached hydrogens (tertiary/aromatic N) is 3. The third-order valence-electron chi connectivity index (χ3n) is 4.02. The lowest BCUT2D eigenvalue weighted by Crippen LogP contribution is -2.39. The van der Waals surface area contributed by atoms with Gasteiger partial charge >= 0.3 is 6.03 Å². The summed E-state index contributed by atoms with van der Waals surface area (Å²) < 4.78 is 5.31. The number of nitrogens with one attached hydrogen (secondary N) is 1. The van der Waals surface area contributed by atoms with Gasteiger partial charge in [0.25, 0.3) is 0 Å². The lowest BCUT2D eigenvalue weighted by atomic mass is 10.1. The molecule has 2 heterocycles. The Kier molecular flexibility index (Phi) is 4.29. The van der Waals surface area contributed by atoms with Crippen LogP contribution in [0.4, 0.5) is 4.79 Å². The fraction of sp³-hybridized carbons (Fsp3) is 0.353. The quantitative estimate of drug-likeness (QED) is 0.945. The minimum absolute atomic E-state index is 0.0443. The molecule has 1 aliphatic heterocycles. The van der Waals surface area contributed by atoms with Crippen LogP contribution >= 0.6 is 0 Å². The zero-order chi connectivity index (χ0) is 16.2. The van der Waals surface area contributed by atoms with Gasteiger partial charge in [0.15, 0.2) is 5.76 Å². The van der Waals surface area contributed by atoms with Crippen LogP contribution in [0.3, 0.4) is 0 Å². The van der Waals surface area contributed by atoms with Crippen molar-refractivity contribution >= 4 is 6.03 Å². The van der Waals surface area contributed by atoms with E-state index < -0.39 is 0 Å². The Labute approximate surface area is 134 Å². The highest BCUT2D eigenvalue weighted by Gasteiger charge is 2.32. The zero-order valence-electron chi connectivity index (χ0n) is 13.0. The third kappa shape index (κ3) is 3.34. The van der Waals surface area contributed by atoms with Gasteiger partial charge in [0.05, 0.1) is 23.4 Å². The highest BCUT2D eigenvalue weighted by molar-refractivity contribution is 5.75. The summed E-state index contributed by atoms with van der Waals surface area (Å²) in [6.07, 6.45) is 1.84. The first-order valence-electron chi connectivity index (χ1n) is 7.64. The summed E-state index contributed by atoms with van der Waals surface area (Å²) in [7, 11) is 0. The zero-order valence-corrected chi connectivity index (χ0v) is 13.0. The maximum Gasteiger partial charge on any atom is 0.318 e. The fourth-order valence-corrected chi connectivity index (χ4v) is 2.82. The monoisotopic (exact) mass is 310 g/mol. The topological polar surface area (TPSA) is 82.2 Å². The average Bonchev–Trinajstić information content (AvgIpc) is 3.21. The average molecular weight is 310 g/mol. The molecular formula is C17H18N4O2. The second kappa shape index (κ2) is 6.53. The summed E-state index contributed by atoms with van der Waals surface area (Å²) >= 11 is 0. The molecule has 1 saturated heterocycles. The number of likely N-dealkylation sites (tertiary alicyclic amines) is 1. The highest BCUT2D eigenvalue weighted by Crippen LogP contribution is 2.32. The number of aryl methyl sites for hydroxylation is 1. The molecule has 0 aliphatic carbocycles. The lowest BCUT2D eigenvalue weighted by molar-refractivity contribution is 0.182. The normalized spacial score (nSPS) is 17.0. The molecule has 1 fully saturated rings. The van der Waals surface area contributed by atoms with Gasteiger partial charge in [-0.05, 0) is 37.5 Å². The number of carbonyl (C=O) groups is 1. The second-order valence-electron chi connectivity index (χ2n) is 5.69. The SMILES string of the molecule is Cc1cc([C@@H]2CCCN2C(=O)NCc2ccc(C#N)cc2)on1. The Morgan fingerprint density at radius 3 is 2.91 bits per heavy atom. The summed E-state index contributed by atoms with van der Waals surface area (Å²) in [4.78, 5) is 14.2. The largest absolute Gasteiger partial charge is 0.359 e. The summed E-state index contributed by atoms with van der Waals surface area (Å²) in [5.41, 5.74) is 2.40. The van der Waals surface area contributed by atoms with Gasteiger partial charge in [-0.2, -0.15) is 5.26 Å². The summed E-state index contributed by atoms with van der Waals surface area (Å²) in [5.74, 6) is 0.744. The van der Waals surface area contributed by atoms with E-state index in [1.807, 2.05) is 25.1 Å². The number of aromatic nitrogens is 1. The van der Waals surface area contributed by atoms with Crippen molar-refractivity contribution < 1.29 is 9.32 Å². The molecule has 1 N–H and O–H groups in total. The minimum atomic E-state index is -0.106. The molecule has 0 radical (unpaired) electrons. The Hall–Kier alpha value is -2.81. The summed E-state index contributed by atoms with van der Waals surface area (Å²) in [6.45, 7) is 3.02. The van der Waals surface area contributed by atoms with Crippen molar-refractivity contribution in [3.63, 3.8) is 0 Å². The van der Waals surface area contributed by atoms with E-state index in [4.69, 9.17) is 9.78 Å². The Morgan fingerprint density at radius 2 is 2.26 bits per heavy atom. The number of hydrogen-bond acceptors (Lipinski definition) is 4. The molecule has 2 amide bonds. The van der Waals surface area contributed by atoms with Gasteiger partial charge in [-0.1, -0.05) is 17.3 Å². The van der Waals surface area contributed by atoms with Gasteiger partial charge in [0.2, 0.25) is 0 Å². The molecule has 0 spiro atoms. The van der Waals surface area contributed by atoms with Crippen molar-refractivity contribution in [1.82, 2.24) is 15.4 Å². The molecule has 0 bridgehead atoms. The van der Waals surface area contributed by atoms with Gasteiger partial charge in [-0.15, -0.1) is 0 Å². The molecule has 2 aromatic rings. The standard InChI is InChI=1S/C17H18N4O2/c1-12-9-16(23-20-12)15-3-2-8-21(15)17(22)19-11-14-6-4-13(10-18)5-7-14/h4-7,9,15H,2-3,8,11H2,1H3,(H,19,22)/t15-/m0/s1. The van der Waals surface area contributed by atoms with Gasteiger partial charge in [0, 0.05) is 19.2 Å². The van der Waals surface area contributed by atoms with E-state index in [-0.39, 0.29) is 12.1 Å². The van der Waals surface area contributed by atoms with Crippen molar-refractivity contribution in [1.29, 1.82) is 5.26 Å². The van der Waals surface area contributed by atoms with Crippen molar-refractivity contribution in [3.8, 4) is 6.07 Å². The molecule has 1 atom stereocenters. The van der Waals surface area contributed by atoms with E-state index in [1.54, 1.807) is 17.0 Å². The highest BCUT2D eigenvalue weighted by atomic mass is 16.5. The first kappa shape index (κ1) is 15.1. The number of nitriles is 1. The molecule has 23 heavy (non-hydrogen) atoms. The Balaban J connectivity index is 1.61. The second-order valence-corrected chi connectivity index (χ2v) is 5.69. The molecule has 6 heteroatoms. The van der Waals surface area contributed by atoms with Crippen LogP contribution < -0.4 is 5.32 Å². The molecule has 3 rings (SSSR count). The molecule has 0 saturated carbocycles. The van der Waals surface area contributed by atoms with Gasteiger partial charge in [-0.3, -0.25) is 0 Å². The van der Waals surface area contributed by atoms with Gasteiger partial charge in [-0.25, -0.2) is 4.79 Å². The Bertz CT molecular complexity index is 730. The van der Waals surface area contributed by atoms with Crippen LogP contribution in [-0.4, -0.2) is 22.6 Å². The van der Waals surface area contributed by atoms with Crippen molar-refractivity contribution in [2.75, 3.05) is 6.54 Å². The number of benzene rings is 1. The maximum absolute atomic E-state index is 12.4. The van der Waals surface area contributed by atoms with E-state index in [0.717, 1.165) is 29.9 Å². The molecular weight excluding hydrogens is 292 g/mol. The van der Waals surface area contributed by atoms with E-state index in [0.29, 0.717) is 18.7 Å². The molecule has 118 valence electrons. The predicted molar refractivity (Wildman–Crippen MR) is 83.3 cm³/mol. The van der Waals surface area contributed by atoms with Crippen LogP contribution in [-0.2, 0) is 6.54 Å². The number of amides is 2. The molecule has 6 nitrogen and oxygen atoms in total. The van der Waals surface area contributed by atoms with Crippen LogP contribution in [0.2, 0.25) is 0 Å². The van der Waals surface area contributed by atoms with Crippen LogP contribution in [0.15, 0.2) is 34.9 Å². The first-order valence-corrected chi connectivity index (χ1v) is 7.64. The summed E-state index contributed by atoms with van der Waals surface area (Å²) in [5, 5.41) is 15.6. The number of rotatable bonds is 3. The van der Waals surface area contributed by atoms with E-state index in [9.17, 15) is 4.79 Å². The van der Waals surface area contributed by atoms with Crippen molar-refractivity contribution in [2.24, 2.45) is 0 Å². The van der Waals surface area contributed by atoms with E-state index in [1.165, 1.54) is 0 Å².